The molecule has 1 N–H and O–H groups in total. The molecule has 1 unspecified atom stereocenters. The molecule has 0 bridgehead atoms. The SMILES string of the molecule is CCCCCN(C)CC1CCCN1. The summed E-state index contributed by atoms with van der Waals surface area (Å²) < 4.78 is 0. The predicted molar refractivity (Wildman–Crippen MR) is 58.0 cm³/mol. The number of hydrogen-bond acceptors (Lipinski definition) is 2. The lowest BCUT2D eigenvalue weighted by molar-refractivity contribution is 0.294. The highest BCUT2D eigenvalue weighted by Gasteiger charge is 2.15. The first kappa shape index (κ1) is 11.0. The first-order valence-corrected chi connectivity index (χ1v) is 5.75. The summed E-state index contributed by atoms with van der Waals surface area (Å²) in [5, 5.41) is 3.54. The molecule has 1 rings (SSSR count). The van der Waals surface area contributed by atoms with E-state index in [-0.39, 0.29) is 0 Å². The van der Waals surface area contributed by atoms with E-state index in [1.165, 1.54) is 51.7 Å². The monoisotopic (exact) mass is 184 g/mol. The highest BCUT2D eigenvalue weighted by atomic mass is 15.1. The Morgan fingerprint density at radius 3 is 2.85 bits per heavy atom. The summed E-state index contributed by atoms with van der Waals surface area (Å²) in [6.07, 6.45) is 6.81. The fraction of sp³-hybridized carbons (Fsp3) is 1.00. The van der Waals surface area contributed by atoms with Gasteiger partial charge in [0.2, 0.25) is 0 Å². The third-order valence-electron chi connectivity index (χ3n) is 2.84. The number of likely N-dealkylation sites (N-methyl/N-ethyl adjacent to an activating group) is 1. The van der Waals surface area contributed by atoms with Crippen LogP contribution in [0, 0.1) is 0 Å². The van der Waals surface area contributed by atoms with E-state index in [1.807, 2.05) is 0 Å². The zero-order valence-corrected chi connectivity index (χ0v) is 9.18. The van der Waals surface area contributed by atoms with E-state index in [9.17, 15) is 0 Å². The Morgan fingerprint density at radius 2 is 2.23 bits per heavy atom. The zero-order chi connectivity index (χ0) is 9.52. The van der Waals surface area contributed by atoms with Gasteiger partial charge in [0.05, 0.1) is 0 Å². The van der Waals surface area contributed by atoms with Gasteiger partial charge in [0.15, 0.2) is 0 Å². The summed E-state index contributed by atoms with van der Waals surface area (Å²) in [5.41, 5.74) is 0. The van der Waals surface area contributed by atoms with Gasteiger partial charge in [-0.2, -0.15) is 0 Å². The number of hydrogen-bond donors (Lipinski definition) is 1. The molecule has 1 fully saturated rings. The van der Waals surface area contributed by atoms with Gasteiger partial charge in [-0.1, -0.05) is 19.8 Å². The quantitative estimate of drug-likeness (QED) is 0.634. The molecule has 0 aromatic rings. The van der Waals surface area contributed by atoms with Crippen LogP contribution in [0.2, 0.25) is 0 Å². The number of unbranched alkanes of at least 4 members (excludes halogenated alkanes) is 2. The van der Waals surface area contributed by atoms with Gasteiger partial charge in [-0.15, -0.1) is 0 Å². The molecule has 13 heavy (non-hydrogen) atoms. The summed E-state index contributed by atoms with van der Waals surface area (Å²) in [7, 11) is 2.25. The molecule has 1 aliphatic heterocycles. The Morgan fingerprint density at radius 1 is 1.38 bits per heavy atom. The Bertz CT molecular complexity index is 119. The lowest BCUT2D eigenvalue weighted by Crippen LogP contribution is -2.35. The van der Waals surface area contributed by atoms with Gasteiger partial charge >= 0.3 is 0 Å². The standard InChI is InChI=1S/C11H24N2/c1-3-4-5-9-13(2)10-11-7-6-8-12-11/h11-12H,3-10H2,1-2H3. The average Bonchev–Trinajstić information content (AvgIpc) is 2.57. The Balaban J connectivity index is 1.99. The van der Waals surface area contributed by atoms with Gasteiger partial charge in [-0.25, -0.2) is 0 Å². The van der Waals surface area contributed by atoms with Crippen LogP contribution in [0.1, 0.15) is 39.0 Å². The minimum Gasteiger partial charge on any atom is -0.313 e. The fourth-order valence-electron chi connectivity index (χ4n) is 2.01. The van der Waals surface area contributed by atoms with Crippen molar-refractivity contribution in [1.29, 1.82) is 0 Å². The van der Waals surface area contributed by atoms with Crippen LogP contribution in [-0.2, 0) is 0 Å². The first-order valence-electron chi connectivity index (χ1n) is 5.75. The fourth-order valence-corrected chi connectivity index (χ4v) is 2.01. The first-order chi connectivity index (χ1) is 6.33. The van der Waals surface area contributed by atoms with Gasteiger partial charge in [0.1, 0.15) is 0 Å². The molecule has 0 aliphatic carbocycles. The van der Waals surface area contributed by atoms with Crippen molar-refractivity contribution in [3.8, 4) is 0 Å². The van der Waals surface area contributed by atoms with Crippen LogP contribution in [0.25, 0.3) is 0 Å². The summed E-state index contributed by atoms with van der Waals surface area (Å²) in [5.74, 6) is 0. The van der Waals surface area contributed by atoms with E-state index < -0.39 is 0 Å². The molecule has 1 aliphatic rings. The van der Waals surface area contributed by atoms with Crippen LogP contribution >= 0.6 is 0 Å². The van der Waals surface area contributed by atoms with Crippen molar-refractivity contribution in [2.75, 3.05) is 26.7 Å². The second-order valence-corrected chi connectivity index (χ2v) is 4.26. The highest BCUT2D eigenvalue weighted by Crippen LogP contribution is 2.06. The van der Waals surface area contributed by atoms with Crippen molar-refractivity contribution in [3.05, 3.63) is 0 Å². The Kier molecular flexibility index (Phi) is 5.40. The second-order valence-electron chi connectivity index (χ2n) is 4.26. The van der Waals surface area contributed by atoms with Crippen LogP contribution in [0.5, 0.6) is 0 Å². The van der Waals surface area contributed by atoms with Crippen molar-refractivity contribution in [2.45, 2.75) is 45.1 Å². The smallest absolute Gasteiger partial charge is 0.0195 e. The molecule has 0 amide bonds. The molecule has 1 heterocycles. The van der Waals surface area contributed by atoms with Crippen molar-refractivity contribution in [3.63, 3.8) is 0 Å². The molecular formula is C11H24N2. The molecule has 0 radical (unpaired) electrons. The van der Waals surface area contributed by atoms with Crippen LogP contribution in [0.4, 0.5) is 0 Å². The zero-order valence-electron chi connectivity index (χ0n) is 9.18. The van der Waals surface area contributed by atoms with Gasteiger partial charge in [0.25, 0.3) is 0 Å². The normalized spacial score (nSPS) is 22.8. The number of nitrogens with zero attached hydrogens (tertiary/aromatic N) is 1. The van der Waals surface area contributed by atoms with E-state index >= 15 is 0 Å². The lowest BCUT2D eigenvalue weighted by atomic mass is 10.2. The largest absolute Gasteiger partial charge is 0.313 e. The van der Waals surface area contributed by atoms with Gasteiger partial charge in [-0.05, 0) is 39.4 Å². The minimum absolute atomic E-state index is 0.770. The average molecular weight is 184 g/mol. The Hall–Kier alpha value is -0.0800. The van der Waals surface area contributed by atoms with Crippen LogP contribution in [0.3, 0.4) is 0 Å². The summed E-state index contributed by atoms with van der Waals surface area (Å²) >= 11 is 0. The molecule has 78 valence electrons. The summed E-state index contributed by atoms with van der Waals surface area (Å²) in [6, 6.07) is 0.770. The second kappa shape index (κ2) is 6.39. The van der Waals surface area contributed by atoms with Gasteiger partial charge < -0.3 is 10.2 Å². The van der Waals surface area contributed by atoms with Crippen LogP contribution < -0.4 is 5.32 Å². The van der Waals surface area contributed by atoms with E-state index in [0.717, 1.165) is 6.04 Å². The lowest BCUT2D eigenvalue weighted by Gasteiger charge is -2.20. The summed E-state index contributed by atoms with van der Waals surface area (Å²) in [4.78, 5) is 2.47. The Labute approximate surface area is 82.7 Å². The van der Waals surface area contributed by atoms with E-state index in [2.05, 4.69) is 24.2 Å². The minimum atomic E-state index is 0.770. The topological polar surface area (TPSA) is 15.3 Å². The number of nitrogens with one attached hydrogen (secondary N) is 1. The molecule has 0 aromatic heterocycles. The van der Waals surface area contributed by atoms with E-state index in [1.54, 1.807) is 0 Å². The van der Waals surface area contributed by atoms with Crippen molar-refractivity contribution in [2.24, 2.45) is 0 Å². The summed E-state index contributed by atoms with van der Waals surface area (Å²) in [6.45, 7) is 6.00. The third-order valence-corrected chi connectivity index (χ3v) is 2.84. The third kappa shape index (κ3) is 4.63. The van der Waals surface area contributed by atoms with Crippen molar-refractivity contribution in [1.82, 2.24) is 10.2 Å². The molecule has 1 atom stereocenters. The number of rotatable bonds is 6. The maximum atomic E-state index is 3.54. The maximum absolute atomic E-state index is 3.54. The molecule has 0 aromatic carbocycles. The van der Waals surface area contributed by atoms with Crippen LogP contribution in [-0.4, -0.2) is 37.6 Å². The molecular weight excluding hydrogens is 160 g/mol. The van der Waals surface area contributed by atoms with Crippen molar-refractivity contribution >= 4 is 0 Å². The molecule has 0 saturated carbocycles. The van der Waals surface area contributed by atoms with Crippen LogP contribution in [0.15, 0.2) is 0 Å². The van der Waals surface area contributed by atoms with Crippen molar-refractivity contribution < 1.29 is 0 Å². The predicted octanol–water partition coefficient (Wildman–Crippen LogP) is 1.86. The maximum Gasteiger partial charge on any atom is 0.0195 e. The van der Waals surface area contributed by atoms with Gasteiger partial charge in [-0.3, -0.25) is 0 Å². The van der Waals surface area contributed by atoms with Gasteiger partial charge in [0, 0.05) is 12.6 Å². The molecule has 2 nitrogen and oxygen atoms in total. The molecule has 2 heteroatoms. The molecule has 1 saturated heterocycles. The highest BCUT2D eigenvalue weighted by molar-refractivity contribution is 4.76. The van der Waals surface area contributed by atoms with E-state index in [4.69, 9.17) is 0 Å². The van der Waals surface area contributed by atoms with E-state index in [0.29, 0.717) is 0 Å². The molecule has 0 spiro atoms.